The van der Waals surface area contributed by atoms with E-state index < -0.39 is 5.82 Å². The molecule has 0 saturated heterocycles. The van der Waals surface area contributed by atoms with Crippen LogP contribution in [-0.4, -0.2) is 4.98 Å². The van der Waals surface area contributed by atoms with Gasteiger partial charge in [0, 0.05) is 0 Å². The minimum atomic E-state index is -0.710. The lowest BCUT2D eigenvalue weighted by Gasteiger charge is -2.01. The molecule has 12 heavy (non-hydrogen) atoms. The van der Waals surface area contributed by atoms with Crippen molar-refractivity contribution in [3.63, 3.8) is 0 Å². The predicted molar refractivity (Wildman–Crippen MR) is 41.7 cm³/mol. The predicted octanol–water partition coefficient (Wildman–Crippen LogP) is 1.03. The van der Waals surface area contributed by atoms with Crippen LogP contribution in [0.15, 0.2) is 6.07 Å². The Hall–Kier alpha value is -1.38. The maximum absolute atomic E-state index is 12.8. The maximum atomic E-state index is 12.8. The second-order valence-corrected chi connectivity index (χ2v) is 2.27. The van der Waals surface area contributed by atoms with Crippen molar-refractivity contribution in [2.45, 2.75) is 0 Å². The van der Waals surface area contributed by atoms with E-state index in [1.165, 1.54) is 0 Å². The molecule has 0 unspecified atom stereocenters. The van der Waals surface area contributed by atoms with E-state index >= 15 is 0 Å². The molecule has 1 rings (SSSR count). The van der Waals surface area contributed by atoms with E-state index in [0.717, 1.165) is 6.07 Å². The lowest BCUT2D eigenvalue weighted by molar-refractivity contribution is 0.624. The summed E-state index contributed by atoms with van der Waals surface area (Å²) in [6.45, 7) is 0. The van der Waals surface area contributed by atoms with Crippen molar-refractivity contribution in [3.05, 3.63) is 22.6 Å². The fraction of sp³-hybridized carbons (Fsp3) is 0. The van der Waals surface area contributed by atoms with Crippen LogP contribution in [-0.2, 0) is 0 Å². The number of nitriles is 1. The molecule has 0 atom stereocenters. The zero-order valence-electron chi connectivity index (χ0n) is 5.81. The summed E-state index contributed by atoms with van der Waals surface area (Å²) in [7, 11) is 0. The number of rotatable bonds is 1. The van der Waals surface area contributed by atoms with E-state index in [0.29, 0.717) is 0 Å². The Labute approximate surface area is 72.7 Å². The molecule has 1 aromatic heterocycles. The fourth-order valence-corrected chi connectivity index (χ4v) is 0.827. The van der Waals surface area contributed by atoms with Crippen LogP contribution >= 0.6 is 11.6 Å². The van der Waals surface area contributed by atoms with Gasteiger partial charge in [0.25, 0.3) is 0 Å². The van der Waals surface area contributed by atoms with Gasteiger partial charge >= 0.3 is 0 Å². The van der Waals surface area contributed by atoms with E-state index in [9.17, 15) is 4.39 Å². The lowest BCUT2D eigenvalue weighted by atomic mass is 10.3. The minimum absolute atomic E-state index is 0.0202. The molecule has 0 bridgehead atoms. The molecule has 6 heteroatoms. The summed E-state index contributed by atoms with van der Waals surface area (Å²) in [4.78, 5) is 3.49. The van der Waals surface area contributed by atoms with Gasteiger partial charge in [0.15, 0.2) is 11.6 Å². The van der Waals surface area contributed by atoms with Crippen molar-refractivity contribution >= 4 is 17.4 Å². The lowest BCUT2D eigenvalue weighted by Crippen LogP contribution is -2.10. The number of nitrogens with two attached hydrogens (primary N) is 1. The van der Waals surface area contributed by atoms with Crippen LogP contribution in [0.1, 0.15) is 5.56 Å². The van der Waals surface area contributed by atoms with Gasteiger partial charge in [-0.05, 0) is 6.07 Å². The van der Waals surface area contributed by atoms with Crippen LogP contribution in [0.4, 0.5) is 10.2 Å². The van der Waals surface area contributed by atoms with Crippen LogP contribution < -0.4 is 11.3 Å². The molecule has 0 amide bonds. The number of hydrogen-bond donors (Lipinski definition) is 2. The molecule has 62 valence electrons. The van der Waals surface area contributed by atoms with E-state index in [4.69, 9.17) is 22.7 Å². The molecule has 0 spiro atoms. The second-order valence-electron chi connectivity index (χ2n) is 1.91. The maximum Gasteiger partial charge on any atom is 0.178 e. The Balaban J connectivity index is 3.28. The Morgan fingerprint density at radius 2 is 2.42 bits per heavy atom. The summed E-state index contributed by atoms with van der Waals surface area (Å²) in [6.07, 6.45) is 0. The van der Waals surface area contributed by atoms with Crippen LogP contribution in [0.25, 0.3) is 0 Å². The Bertz CT molecular complexity index is 345. The summed E-state index contributed by atoms with van der Waals surface area (Å²) in [5.41, 5.74) is 1.99. The highest BCUT2D eigenvalue weighted by atomic mass is 35.5. The van der Waals surface area contributed by atoms with Crippen molar-refractivity contribution in [3.8, 4) is 6.07 Å². The fourth-order valence-electron chi connectivity index (χ4n) is 0.646. The third kappa shape index (κ3) is 1.44. The number of aromatic nitrogens is 1. The molecule has 1 aromatic rings. The topological polar surface area (TPSA) is 74.7 Å². The van der Waals surface area contributed by atoms with Crippen LogP contribution in [0.2, 0.25) is 5.15 Å². The molecule has 3 N–H and O–H groups in total. The van der Waals surface area contributed by atoms with E-state index in [2.05, 4.69) is 4.98 Å². The van der Waals surface area contributed by atoms with E-state index in [1.807, 2.05) is 5.43 Å². The van der Waals surface area contributed by atoms with Gasteiger partial charge in [0.1, 0.15) is 11.2 Å². The number of nitrogens with zero attached hydrogens (tertiary/aromatic N) is 2. The Morgan fingerprint density at radius 1 is 1.75 bits per heavy atom. The molecule has 0 radical (unpaired) electrons. The summed E-state index contributed by atoms with van der Waals surface area (Å²) in [6, 6.07) is 2.65. The first kappa shape index (κ1) is 8.71. The summed E-state index contributed by atoms with van der Waals surface area (Å²) in [5.74, 6) is 4.03. The molecular formula is C6H4ClFN4. The third-order valence-corrected chi connectivity index (χ3v) is 1.47. The molecule has 1 heterocycles. The van der Waals surface area contributed by atoms with Crippen LogP contribution in [0.5, 0.6) is 0 Å². The van der Waals surface area contributed by atoms with Crippen molar-refractivity contribution in [1.82, 2.24) is 4.98 Å². The number of halogens is 2. The Morgan fingerprint density at radius 3 is 2.92 bits per heavy atom. The highest BCUT2D eigenvalue weighted by Crippen LogP contribution is 2.18. The quantitative estimate of drug-likeness (QED) is 0.390. The molecule has 0 aliphatic carbocycles. The number of hydrogen-bond acceptors (Lipinski definition) is 4. The number of nitrogens with one attached hydrogen (secondary N) is 1. The smallest absolute Gasteiger partial charge is 0.178 e. The zero-order chi connectivity index (χ0) is 9.14. The molecule has 4 nitrogen and oxygen atoms in total. The van der Waals surface area contributed by atoms with Gasteiger partial charge < -0.3 is 5.43 Å². The number of nitrogen functional groups attached to an aromatic ring is 1. The van der Waals surface area contributed by atoms with Gasteiger partial charge in [-0.15, -0.1) is 0 Å². The van der Waals surface area contributed by atoms with Crippen LogP contribution in [0, 0.1) is 17.1 Å². The largest absolute Gasteiger partial charge is 0.306 e. The number of anilines is 1. The molecule has 0 saturated carbocycles. The van der Waals surface area contributed by atoms with Crippen molar-refractivity contribution in [2.75, 3.05) is 5.43 Å². The first-order valence-electron chi connectivity index (χ1n) is 2.91. The van der Waals surface area contributed by atoms with Gasteiger partial charge in [0.05, 0.1) is 5.56 Å². The van der Waals surface area contributed by atoms with E-state index in [-0.39, 0.29) is 16.5 Å². The van der Waals surface area contributed by atoms with E-state index in [1.54, 1.807) is 6.07 Å². The third-order valence-electron chi connectivity index (χ3n) is 1.19. The minimum Gasteiger partial charge on any atom is -0.306 e. The standard InChI is InChI=1S/C6H4ClFN4/c7-5-3(2-9)1-4(8)6(11-5)12-10/h1H,10H2,(H,11,12). The highest BCUT2D eigenvalue weighted by molar-refractivity contribution is 6.30. The summed E-state index contributed by atoms with van der Waals surface area (Å²) >= 11 is 5.48. The number of pyridine rings is 1. The summed E-state index contributed by atoms with van der Waals surface area (Å²) < 4.78 is 12.8. The molecular weight excluding hydrogens is 183 g/mol. The molecule has 0 aliphatic rings. The Kier molecular flexibility index (Phi) is 2.43. The van der Waals surface area contributed by atoms with Crippen molar-refractivity contribution in [2.24, 2.45) is 5.84 Å². The average Bonchev–Trinajstić information content (AvgIpc) is 2.08. The SMILES string of the molecule is N#Cc1cc(F)c(NN)nc1Cl. The summed E-state index contributed by atoms with van der Waals surface area (Å²) in [5, 5.41) is 8.34. The average molecular weight is 187 g/mol. The van der Waals surface area contributed by atoms with Gasteiger partial charge in [-0.1, -0.05) is 11.6 Å². The normalized spacial score (nSPS) is 9.17. The van der Waals surface area contributed by atoms with Gasteiger partial charge in [0.2, 0.25) is 0 Å². The first-order valence-corrected chi connectivity index (χ1v) is 3.29. The van der Waals surface area contributed by atoms with Gasteiger partial charge in [-0.3, -0.25) is 0 Å². The highest BCUT2D eigenvalue weighted by Gasteiger charge is 2.08. The molecule has 0 aliphatic heterocycles. The van der Waals surface area contributed by atoms with Gasteiger partial charge in [-0.25, -0.2) is 15.2 Å². The zero-order valence-corrected chi connectivity index (χ0v) is 6.56. The first-order chi connectivity index (χ1) is 5.69. The van der Waals surface area contributed by atoms with Crippen molar-refractivity contribution in [1.29, 1.82) is 5.26 Å². The molecule has 0 fully saturated rings. The monoisotopic (exact) mass is 186 g/mol. The van der Waals surface area contributed by atoms with Crippen molar-refractivity contribution < 1.29 is 4.39 Å². The molecule has 0 aromatic carbocycles. The second kappa shape index (κ2) is 3.34. The number of hydrazine groups is 1. The van der Waals surface area contributed by atoms with Crippen LogP contribution in [0.3, 0.4) is 0 Å². The van der Waals surface area contributed by atoms with Gasteiger partial charge in [-0.2, -0.15) is 5.26 Å².